The van der Waals surface area contributed by atoms with Crippen LogP contribution in [0.5, 0.6) is 0 Å². The third kappa shape index (κ3) is 3.35. The lowest BCUT2D eigenvalue weighted by molar-refractivity contribution is -0.130. The van der Waals surface area contributed by atoms with E-state index in [2.05, 4.69) is 19.1 Å². The van der Waals surface area contributed by atoms with Crippen molar-refractivity contribution in [2.75, 3.05) is 13.6 Å². The van der Waals surface area contributed by atoms with Gasteiger partial charge in [0.15, 0.2) is 0 Å². The number of nitrogens with two attached hydrogens (primary N) is 1. The second kappa shape index (κ2) is 6.28. The molecule has 1 amide bonds. The zero-order valence-electron chi connectivity index (χ0n) is 10.0. The van der Waals surface area contributed by atoms with Crippen molar-refractivity contribution in [2.45, 2.75) is 25.8 Å². The molecule has 0 radical (unpaired) electrons. The third-order valence-electron chi connectivity index (χ3n) is 2.90. The van der Waals surface area contributed by atoms with Gasteiger partial charge in [-0.1, -0.05) is 37.3 Å². The minimum absolute atomic E-state index is 0.00258. The average molecular weight is 220 g/mol. The molecule has 3 nitrogen and oxygen atoms in total. The first-order chi connectivity index (χ1) is 7.69. The highest BCUT2D eigenvalue weighted by molar-refractivity contribution is 5.78. The molecular weight excluding hydrogens is 200 g/mol. The fraction of sp³-hybridized carbons (Fsp3) is 0.462. The molecule has 1 aromatic carbocycles. The Bertz CT molecular complexity index is 324. The van der Waals surface area contributed by atoms with Gasteiger partial charge in [0.1, 0.15) is 0 Å². The van der Waals surface area contributed by atoms with Crippen LogP contribution in [0.3, 0.4) is 0 Å². The van der Waals surface area contributed by atoms with E-state index in [0.717, 1.165) is 12.8 Å². The van der Waals surface area contributed by atoms with Crippen molar-refractivity contribution >= 4 is 5.91 Å². The Kier molecular flexibility index (Phi) is 4.99. The second-order valence-electron chi connectivity index (χ2n) is 3.96. The molecule has 1 aromatic rings. The van der Waals surface area contributed by atoms with Gasteiger partial charge in [0.2, 0.25) is 5.91 Å². The van der Waals surface area contributed by atoms with Crippen molar-refractivity contribution in [3.63, 3.8) is 0 Å². The summed E-state index contributed by atoms with van der Waals surface area (Å²) in [5.74, 6) is 0.00258. The summed E-state index contributed by atoms with van der Waals surface area (Å²) in [5.41, 5.74) is 6.62. The number of amides is 1. The Balaban J connectivity index is 2.65. The van der Waals surface area contributed by atoms with Crippen LogP contribution in [0.25, 0.3) is 0 Å². The summed E-state index contributed by atoms with van der Waals surface area (Å²) in [6, 6.07) is 10.4. The van der Waals surface area contributed by atoms with E-state index in [1.54, 1.807) is 4.90 Å². The predicted molar refractivity (Wildman–Crippen MR) is 66.0 cm³/mol. The van der Waals surface area contributed by atoms with Crippen molar-refractivity contribution in [3.05, 3.63) is 35.9 Å². The predicted octanol–water partition coefficient (Wildman–Crippen LogP) is 1.42. The number of carbonyl (C=O) groups is 1. The number of hydrogen-bond acceptors (Lipinski definition) is 2. The Morgan fingerprint density at radius 1 is 1.38 bits per heavy atom. The first kappa shape index (κ1) is 12.7. The van der Waals surface area contributed by atoms with Crippen LogP contribution in [0.1, 0.15) is 18.9 Å². The van der Waals surface area contributed by atoms with Gasteiger partial charge < -0.3 is 10.6 Å². The molecule has 1 rings (SSSR count). The first-order valence-electron chi connectivity index (χ1n) is 5.68. The van der Waals surface area contributed by atoms with Crippen LogP contribution in [0, 0.1) is 0 Å². The molecule has 2 N–H and O–H groups in total. The van der Waals surface area contributed by atoms with Crippen molar-refractivity contribution in [1.82, 2.24) is 4.90 Å². The smallest absolute Gasteiger partial charge is 0.236 e. The lowest BCUT2D eigenvalue weighted by atomic mass is 10.0. The molecule has 16 heavy (non-hydrogen) atoms. The summed E-state index contributed by atoms with van der Waals surface area (Å²) in [6.07, 6.45) is 1.83. The molecule has 0 fully saturated rings. The van der Waals surface area contributed by atoms with Gasteiger partial charge in [-0.25, -0.2) is 0 Å². The van der Waals surface area contributed by atoms with Crippen molar-refractivity contribution in [3.8, 4) is 0 Å². The van der Waals surface area contributed by atoms with Crippen LogP contribution in [-0.2, 0) is 11.2 Å². The maximum atomic E-state index is 11.5. The highest BCUT2D eigenvalue weighted by Crippen LogP contribution is 2.10. The van der Waals surface area contributed by atoms with Crippen LogP contribution in [0.2, 0.25) is 0 Å². The molecule has 0 bridgehead atoms. The van der Waals surface area contributed by atoms with Crippen molar-refractivity contribution in [2.24, 2.45) is 5.73 Å². The maximum absolute atomic E-state index is 11.5. The van der Waals surface area contributed by atoms with Gasteiger partial charge in [-0.15, -0.1) is 0 Å². The topological polar surface area (TPSA) is 46.3 Å². The lowest BCUT2D eigenvalue weighted by Gasteiger charge is -2.27. The van der Waals surface area contributed by atoms with Crippen LogP contribution >= 0.6 is 0 Å². The van der Waals surface area contributed by atoms with E-state index < -0.39 is 0 Å². The van der Waals surface area contributed by atoms with Crippen LogP contribution in [0.15, 0.2) is 30.3 Å². The molecular formula is C13H20N2O. The van der Waals surface area contributed by atoms with Crippen LogP contribution in [-0.4, -0.2) is 30.4 Å². The molecule has 0 aliphatic heterocycles. The molecule has 3 heteroatoms. The van der Waals surface area contributed by atoms with Gasteiger partial charge in [-0.2, -0.15) is 0 Å². The number of hydrogen-bond donors (Lipinski definition) is 1. The Morgan fingerprint density at radius 3 is 2.50 bits per heavy atom. The highest BCUT2D eigenvalue weighted by Gasteiger charge is 2.17. The second-order valence-corrected chi connectivity index (χ2v) is 3.96. The van der Waals surface area contributed by atoms with E-state index in [1.165, 1.54) is 5.56 Å². The fourth-order valence-corrected chi connectivity index (χ4v) is 1.79. The van der Waals surface area contributed by atoms with E-state index in [9.17, 15) is 4.79 Å². The SMILES string of the molecule is CCC(Cc1ccccc1)N(C)C(=O)CN. The normalized spacial score (nSPS) is 12.2. The largest absolute Gasteiger partial charge is 0.341 e. The number of benzene rings is 1. The summed E-state index contributed by atoms with van der Waals surface area (Å²) in [7, 11) is 1.83. The highest BCUT2D eigenvalue weighted by atomic mass is 16.2. The molecule has 0 aromatic heterocycles. The lowest BCUT2D eigenvalue weighted by Crippen LogP contribution is -2.41. The van der Waals surface area contributed by atoms with Gasteiger partial charge in [0.25, 0.3) is 0 Å². The average Bonchev–Trinajstić information content (AvgIpc) is 2.35. The van der Waals surface area contributed by atoms with Gasteiger partial charge in [-0.3, -0.25) is 4.79 Å². The van der Waals surface area contributed by atoms with E-state index >= 15 is 0 Å². The minimum atomic E-state index is 0.00258. The Morgan fingerprint density at radius 2 is 2.00 bits per heavy atom. The van der Waals surface area contributed by atoms with Gasteiger partial charge in [-0.05, 0) is 18.4 Å². The summed E-state index contributed by atoms with van der Waals surface area (Å²) >= 11 is 0. The standard InChI is InChI=1S/C13H20N2O/c1-3-12(15(2)13(16)10-14)9-11-7-5-4-6-8-11/h4-8,12H,3,9-10,14H2,1-2H3. The summed E-state index contributed by atoms with van der Waals surface area (Å²) < 4.78 is 0. The zero-order chi connectivity index (χ0) is 12.0. The monoisotopic (exact) mass is 220 g/mol. The van der Waals surface area contributed by atoms with Crippen molar-refractivity contribution in [1.29, 1.82) is 0 Å². The number of rotatable bonds is 5. The van der Waals surface area contributed by atoms with Crippen LogP contribution in [0.4, 0.5) is 0 Å². The summed E-state index contributed by atoms with van der Waals surface area (Å²) in [5, 5.41) is 0. The molecule has 1 unspecified atom stereocenters. The Labute approximate surface area is 97.2 Å². The number of carbonyl (C=O) groups excluding carboxylic acids is 1. The first-order valence-corrected chi connectivity index (χ1v) is 5.68. The van der Waals surface area contributed by atoms with Crippen molar-refractivity contribution < 1.29 is 4.79 Å². The van der Waals surface area contributed by atoms with Gasteiger partial charge in [0, 0.05) is 13.1 Å². The quantitative estimate of drug-likeness (QED) is 0.816. The van der Waals surface area contributed by atoms with E-state index in [-0.39, 0.29) is 18.5 Å². The Hall–Kier alpha value is -1.35. The molecule has 0 aliphatic rings. The maximum Gasteiger partial charge on any atom is 0.236 e. The van der Waals surface area contributed by atoms with E-state index in [4.69, 9.17) is 5.73 Å². The molecule has 0 heterocycles. The van der Waals surface area contributed by atoms with Gasteiger partial charge in [0.05, 0.1) is 6.54 Å². The van der Waals surface area contributed by atoms with Crippen LogP contribution < -0.4 is 5.73 Å². The number of nitrogens with zero attached hydrogens (tertiary/aromatic N) is 1. The molecule has 0 spiro atoms. The number of likely N-dealkylation sites (N-methyl/N-ethyl adjacent to an activating group) is 1. The zero-order valence-corrected chi connectivity index (χ0v) is 10.0. The molecule has 1 atom stereocenters. The van der Waals surface area contributed by atoms with E-state index in [0.29, 0.717) is 0 Å². The summed E-state index contributed by atoms with van der Waals surface area (Å²) in [6.45, 7) is 2.18. The fourth-order valence-electron chi connectivity index (χ4n) is 1.79. The summed E-state index contributed by atoms with van der Waals surface area (Å²) in [4.78, 5) is 13.3. The molecule has 0 saturated carbocycles. The molecule has 0 saturated heterocycles. The molecule has 0 aliphatic carbocycles. The minimum Gasteiger partial charge on any atom is -0.341 e. The third-order valence-corrected chi connectivity index (χ3v) is 2.90. The van der Waals surface area contributed by atoms with E-state index in [1.807, 2.05) is 25.2 Å². The molecule has 88 valence electrons. The van der Waals surface area contributed by atoms with Gasteiger partial charge >= 0.3 is 0 Å².